The van der Waals surface area contributed by atoms with E-state index in [9.17, 15) is 0 Å². The Balaban J connectivity index is 1.68. The van der Waals surface area contributed by atoms with Gasteiger partial charge >= 0.3 is 0 Å². The summed E-state index contributed by atoms with van der Waals surface area (Å²) in [6, 6.07) is 15.4. The second kappa shape index (κ2) is 5.50. The van der Waals surface area contributed by atoms with E-state index >= 15 is 0 Å². The van der Waals surface area contributed by atoms with E-state index in [2.05, 4.69) is 15.6 Å². The predicted molar refractivity (Wildman–Crippen MR) is 92.3 cm³/mol. The SMILES string of the molecule is Clc1ccc(C2=NN3C(c4ccccc4)=NNC3S2)c(Cl)c1. The number of hydrogen-bond donors (Lipinski definition) is 1. The molecule has 0 saturated carbocycles. The molecular formula is C15H10Cl2N4S. The van der Waals surface area contributed by atoms with Gasteiger partial charge in [-0.15, -0.1) is 0 Å². The second-order valence-electron chi connectivity index (χ2n) is 4.77. The monoisotopic (exact) mass is 348 g/mol. The first-order valence-electron chi connectivity index (χ1n) is 6.61. The molecule has 0 aromatic heterocycles. The van der Waals surface area contributed by atoms with Crippen molar-refractivity contribution in [2.45, 2.75) is 5.50 Å². The summed E-state index contributed by atoms with van der Waals surface area (Å²) in [5, 5.41) is 13.0. The van der Waals surface area contributed by atoms with Crippen LogP contribution in [0.2, 0.25) is 10.0 Å². The Hall–Kier alpha value is -1.69. The van der Waals surface area contributed by atoms with E-state index in [-0.39, 0.29) is 5.50 Å². The number of nitrogens with one attached hydrogen (secondary N) is 1. The average Bonchev–Trinajstić information content (AvgIpc) is 3.08. The Morgan fingerprint density at radius 3 is 2.68 bits per heavy atom. The summed E-state index contributed by atoms with van der Waals surface area (Å²) in [6.07, 6.45) is 0. The van der Waals surface area contributed by atoms with Gasteiger partial charge in [-0.3, -0.25) is 5.43 Å². The van der Waals surface area contributed by atoms with Crippen molar-refractivity contribution in [1.82, 2.24) is 10.4 Å². The molecule has 0 amide bonds. The van der Waals surface area contributed by atoms with Crippen molar-refractivity contribution >= 4 is 45.8 Å². The van der Waals surface area contributed by atoms with Crippen molar-refractivity contribution < 1.29 is 0 Å². The van der Waals surface area contributed by atoms with Crippen molar-refractivity contribution in [2.75, 3.05) is 0 Å². The maximum Gasteiger partial charge on any atom is 0.191 e. The fourth-order valence-electron chi connectivity index (χ4n) is 2.30. The number of fused-ring (bicyclic) bond motifs is 1. The molecular weight excluding hydrogens is 339 g/mol. The van der Waals surface area contributed by atoms with Crippen molar-refractivity contribution in [3.8, 4) is 0 Å². The first kappa shape index (κ1) is 13.9. The maximum absolute atomic E-state index is 6.27. The van der Waals surface area contributed by atoms with Crippen molar-refractivity contribution in [1.29, 1.82) is 0 Å². The van der Waals surface area contributed by atoms with E-state index in [0.717, 1.165) is 22.0 Å². The second-order valence-corrected chi connectivity index (χ2v) is 6.69. The maximum atomic E-state index is 6.27. The molecule has 22 heavy (non-hydrogen) atoms. The van der Waals surface area contributed by atoms with Crippen molar-refractivity contribution in [2.24, 2.45) is 10.2 Å². The molecule has 7 heteroatoms. The first-order chi connectivity index (χ1) is 10.7. The van der Waals surface area contributed by atoms with Gasteiger partial charge in [-0.2, -0.15) is 10.2 Å². The molecule has 0 bridgehead atoms. The number of thioether (sulfide) groups is 1. The molecule has 2 aliphatic heterocycles. The molecule has 1 unspecified atom stereocenters. The van der Waals surface area contributed by atoms with E-state index in [0.29, 0.717) is 10.0 Å². The minimum absolute atomic E-state index is 0.0445. The lowest BCUT2D eigenvalue weighted by Crippen LogP contribution is -2.30. The molecule has 0 saturated heterocycles. The van der Waals surface area contributed by atoms with Crippen LogP contribution < -0.4 is 5.43 Å². The van der Waals surface area contributed by atoms with Crippen LogP contribution >= 0.6 is 35.0 Å². The van der Waals surface area contributed by atoms with Gasteiger partial charge in [0.25, 0.3) is 0 Å². The molecule has 2 aromatic carbocycles. The van der Waals surface area contributed by atoms with Gasteiger partial charge in [-0.25, -0.2) is 5.01 Å². The van der Waals surface area contributed by atoms with Gasteiger partial charge in [-0.1, -0.05) is 65.3 Å². The van der Waals surface area contributed by atoms with Crippen LogP contribution in [0.1, 0.15) is 11.1 Å². The minimum atomic E-state index is -0.0445. The van der Waals surface area contributed by atoms with Crippen LogP contribution in [0.3, 0.4) is 0 Å². The Morgan fingerprint density at radius 2 is 1.91 bits per heavy atom. The van der Waals surface area contributed by atoms with Gasteiger partial charge in [0.2, 0.25) is 0 Å². The number of nitrogens with zero attached hydrogens (tertiary/aromatic N) is 3. The largest absolute Gasteiger partial charge is 0.274 e. The van der Waals surface area contributed by atoms with Gasteiger partial charge in [0, 0.05) is 16.1 Å². The third-order valence-corrected chi connectivity index (χ3v) is 4.94. The van der Waals surface area contributed by atoms with E-state index in [4.69, 9.17) is 23.2 Å². The van der Waals surface area contributed by atoms with Crippen LogP contribution in [0.5, 0.6) is 0 Å². The van der Waals surface area contributed by atoms with Crippen LogP contribution in [0.15, 0.2) is 58.7 Å². The van der Waals surface area contributed by atoms with Crippen molar-refractivity contribution in [3.05, 3.63) is 69.7 Å². The number of halogens is 2. The Bertz CT molecular complexity index is 791. The standard InChI is InChI=1S/C15H10Cl2N4S/c16-10-6-7-11(12(17)8-10)14-20-21-13(18-19-15(21)22-14)9-4-2-1-3-5-9/h1-8,15,19H. The molecule has 2 aromatic rings. The highest BCUT2D eigenvalue weighted by molar-refractivity contribution is 8.15. The zero-order chi connectivity index (χ0) is 15.1. The van der Waals surface area contributed by atoms with Crippen LogP contribution in [0.4, 0.5) is 0 Å². The summed E-state index contributed by atoms with van der Waals surface area (Å²) in [5.74, 6) is 0.804. The fourth-order valence-corrected chi connectivity index (χ4v) is 3.86. The minimum Gasteiger partial charge on any atom is -0.274 e. The van der Waals surface area contributed by atoms with Crippen LogP contribution in [-0.4, -0.2) is 21.4 Å². The van der Waals surface area contributed by atoms with Gasteiger partial charge in [-0.05, 0) is 18.2 Å². The van der Waals surface area contributed by atoms with Crippen LogP contribution in [0, 0.1) is 0 Å². The van der Waals surface area contributed by atoms with E-state index in [1.54, 1.807) is 17.8 Å². The number of rotatable bonds is 2. The molecule has 0 aliphatic carbocycles. The molecule has 0 radical (unpaired) electrons. The zero-order valence-corrected chi connectivity index (χ0v) is 13.5. The normalized spacial score (nSPS) is 19.5. The number of amidine groups is 1. The predicted octanol–water partition coefficient (Wildman–Crippen LogP) is 3.95. The molecule has 1 atom stereocenters. The molecule has 110 valence electrons. The third-order valence-electron chi connectivity index (χ3n) is 3.34. The van der Waals surface area contributed by atoms with Crippen LogP contribution in [0.25, 0.3) is 0 Å². The number of hydrazone groups is 2. The summed E-state index contributed by atoms with van der Waals surface area (Å²) in [6.45, 7) is 0. The molecule has 2 aliphatic rings. The third kappa shape index (κ3) is 2.35. The highest BCUT2D eigenvalue weighted by atomic mass is 35.5. The lowest BCUT2D eigenvalue weighted by molar-refractivity contribution is 0.425. The first-order valence-corrected chi connectivity index (χ1v) is 8.24. The van der Waals surface area contributed by atoms with Gasteiger partial charge in [0.15, 0.2) is 11.3 Å². The zero-order valence-electron chi connectivity index (χ0n) is 11.2. The van der Waals surface area contributed by atoms with E-state index < -0.39 is 0 Å². The summed E-state index contributed by atoms with van der Waals surface area (Å²) in [4.78, 5) is 0. The highest BCUT2D eigenvalue weighted by Crippen LogP contribution is 2.35. The fraction of sp³-hybridized carbons (Fsp3) is 0.0667. The molecule has 0 fully saturated rings. The number of benzene rings is 2. The smallest absolute Gasteiger partial charge is 0.191 e. The summed E-state index contributed by atoms with van der Waals surface area (Å²) >= 11 is 13.8. The Labute approximate surface area is 141 Å². The molecule has 2 heterocycles. The summed E-state index contributed by atoms with van der Waals surface area (Å²) < 4.78 is 0. The van der Waals surface area contributed by atoms with Gasteiger partial charge in [0.1, 0.15) is 5.04 Å². The molecule has 1 N–H and O–H groups in total. The average molecular weight is 349 g/mol. The summed E-state index contributed by atoms with van der Waals surface area (Å²) in [7, 11) is 0. The lowest BCUT2D eigenvalue weighted by atomic mass is 10.2. The van der Waals surface area contributed by atoms with Gasteiger partial charge in [0.05, 0.1) is 5.02 Å². The van der Waals surface area contributed by atoms with E-state index in [1.807, 2.05) is 47.5 Å². The molecule has 0 spiro atoms. The molecule has 4 nitrogen and oxygen atoms in total. The Kier molecular flexibility index (Phi) is 3.48. The number of hydrogen-bond acceptors (Lipinski definition) is 5. The van der Waals surface area contributed by atoms with Gasteiger partial charge < -0.3 is 0 Å². The van der Waals surface area contributed by atoms with Crippen molar-refractivity contribution in [3.63, 3.8) is 0 Å². The highest BCUT2D eigenvalue weighted by Gasteiger charge is 2.36. The van der Waals surface area contributed by atoms with E-state index in [1.165, 1.54) is 0 Å². The molecule has 4 rings (SSSR count). The summed E-state index contributed by atoms with van der Waals surface area (Å²) in [5.41, 5.74) is 4.94. The quantitative estimate of drug-likeness (QED) is 0.892. The Morgan fingerprint density at radius 1 is 1.09 bits per heavy atom. The van der Waals surface area contributed by atoms with Crippen LogP contribution in [-0.2, 0) is 0 Å². The topological polar surface area (TPSA) is 40.0 Å². The lowest BCUT2D eigenvalue weighted by Gasteiger charge is -2.13.